The van der Waals surface area contributed by atoms with Gasteiger partial charge < -0.3 is 19.4 Å². The summed E-state index contributed by atoms with van der Waals surface area (Å²) in [7, 11) is 0. The van der Waals surface area contributed by atoms with E-state index in [0.717, 1.165) is 12.8 Å². The standard InChI is InChI=1S/C24H25BrFN3O4/c1-24(2,3)33-23(31)28-15-9-16-6-7-17(10-15)29(16)22(30)20-11-18(21(25)32-20)13-4-5-14(12-27)19(26)8-13/h4-5,8,11,15-17H,6-7,9-10H2,1-3H3,(H,28,31). The van der Waals surface area contributed by atoms with E-state index < -0.39 is 17.5 Å². The molecule has 7 nitrogen and oxygen atoms in total. The summed E-state index contributed by atoms with van der Waals surface area (Å²) in [6.07, 6.45) is 2.58. The zero-order valence-electron chi connectivity index (χ0n) is 18.7. The second-order valence-electron chi connectivity index (χ2n) is 9.52. The summed E-state index contributed by atoms with van der Waals surface area (Å²) in [6, 6.07) is 7.59. The van der Waals surface area contributed by atoms with Crippen LogP contribution in [0.25, 0.3) is 11.1 Å². The van der Waals surface area contributed by atoms with E-state index in [0.29, 0.717) is 28.6 Å². The quantitative estimate of drug-likeness (QED) is 0.589. The summed E-state index contributed by atoms with van der Waals surface area (Å²) < 4.78 is 25.5. The molecule has 2 unspecified atom stereocenters. The minimum Gasteiger partial charge on any atom is -0.444 e. The maximum atomic E-state index is 14.1. The number of carbonyl (C=O) groups is 2. The van der Waals surface area contributed by atoms with Crippen LogP contribution >= 0.6 is 15.9 Å². The Bertz CT molecular complexity index is 1120. The lowest BCUT2D eigenvalue weighted by Crippen LogP contribution is -2.52. The summed E-state index contributed by atoms with van der Waals surface area (Å²) in [5.74, 6) is -0.690. The molecular weight excluding hydrogens is 493 g/mol. The Labute approximate surface area is 200 Å². The summed E-state index contributed by atoms with van der Waals surface area (Å²) in [5, 5.41) is 11.9. The van der Waals surface area contributed by atoms with Crippen LogP contribution < -0.4 is 5.32 Å². The molecule has 4 rings (SSSR count). The van der Waals surface area contributed by atoms with Crippen molar-refractivity contribution in [1.82, 2.24) is 10.2 Å². The predicted molar refractivity (Wildman–Crippen MR) is 122 cm³/mol. The first-order valence-electron chi connectivity index (χ1n) is 10.9. The Kier molecular flexibility index (Phi) is 6.23. The van der Waals surface area contributed by atoms with Crippen molar-refractivity contribution in [3.05, 3.63) is 46.1 Å². The van der Waals surface area contributed by atoms with E-state index in [1.807, 2.05) is 25.7 Å². The van der Waals surface area contributed by atoms with Crippen LogP contribution in [0, 0.1) is 17.1 Å². The van der Waals surface area contributed by atoms with Crippen LogP contribution in [0.4, 0.5) is 9.18 Å². The van der Waals surface area contributed by atoms with Gasteiger partial charge in [-0.25, -0.2) is 9.18 Å². The SMILES string of the molecule is CC(C)(C)OC(=O)NC1CC2CCC(C1)N2C(=O)c1cc(-c2ccc(C#N)c(F)c2)c(Br)o1. The molecule has 174 valence electrons. The molecule has 9 heteroatoms. The third-order valence-electron chi connectivity index (χ3n) is 5.99. The topological polar surface area (TPSA) is 95.6 Å². The number of benzene rings is 1. The molecule has 1 aromatic carbocycles. The molecule has 0 saturated carbocycles. The molecule has 2 bridgehead atoms. The smallest absolute Gasteiger partial charge is 0.407 e. The van der Waals surface area contributed by atoms with Gasteiger partial charge in [0.2, 0.25) is 0 Å². The fraction of sp³-hybridized carbons (Fsp3) is 0.458. The van der Waals surface area contributed by atoms with E-state index >= 15 is 0 Å². The lowest BCUT2D eigenvalue weighted by Gasteiger charge is -2.38. The zero-order chi connectivity index (χ0) is 23.9. The Morgan fingerprint density at radius 1 is 1.24 bits per heavy atom. The highest BCUT2D eigenvalue weighted by Gasteiger charge is 2.45. The largest absolute Gasteiger partial charge is 0.444 e. The molecule has 2 aromatic rings. The Hall–Kier alpha value is -2.86. The number of rotatable bonds is 3. The first kappa shape index (κ1) is 23.3. The molecular formula is C24H25BrFN3O4. The number of piperidine rings is 1. The Morgan fingerprint density at radius 3 is 2.48 bits per heavy atom. The van der Waals surface area contributed by atoms with Crippen molar-refractivity contribution in [3.8, 4) is 17.2 Å². The first-order valence-corrected chi connectivity index (χ1v) is 11.7. The molecule has 2 fully saturated rings. The van der Waals surface area contributed by atoms with Gasteiger partial charge in [0.25, 0.3) is 5.91 Å². The minimum atomic E-state index is -0.631. The van der Waals surface area contributed by atoms with Crippen molar-refractivity contribution >= 4 is 27.9 Å². The number of ether oxygens (including phenoxy) is 1. The lowest BCUT2D eigenvalue weighted by atomic mass is 9.97. The van der Waals surface area contributed by atoms with Crippen molar-refractivity contribution < 1.29 is 23.1 Å². The van der Waals surface area contributed by atoms with Gasteiger partial charge in [-0.2, -0.15) is 5.26 Å². The van der Waals surface area contributed by atoms with Crippen LogP contribution in [0.5, 0.6) is 0 Å². The third-order valence-corrected chi connectivity index (χ3v) is 6.58. The monoisotopic (exact) mass is 517 g/mol. The molecule has 0 radical (unpaired) electrons. The van der Waals surface area contributed by atoms with Gasteiger partial charge >= 0.3 is 6.09 Å². The number of nitriles is 1. The van der Waals surface area contributed by atoms with Gasteiger partial charge in [-0.1, -0.05) is 6.07 Å². The van der Waals surface area contributed by atoms with Gasteiger partial charge in [0.15, 0.2) is 10.4 Å². The van der Waals surface area contributed by atoms with Gasteiger partial charge in [0, 0.05) is 23.7 Å². The second kappa shape index (κ2) is 8.82. The van der Waals surface area contributed by atoms with Crippen LogP contribution in [0.1, 0.15) is 62.6 Å². The molecule has 2 saturated heterocycles. The van der Waals surface area contributed by atoms with E-state index in [1.54, 1.807) is 18.2 Å². The number of amides is 2. The third kappa shape index (κ3) is 4.91. The number of nitrogens with one attached hydrogen (secondary N) is 1. The number of nitrogens with zero attached hydrogens (tertiary/aromatic N) is 2. The maximum absolute atomic E-state index is 14.1. The number of fused-ring (bicyclic) bond motifs is 2. The fourth-order valence-corrected chi connectivity index (χ4v) is 5.19. The van der Waals surface area contributed by atoms with Crippen molar-refractivity contribution in [3.63, 3.8) is 0 Å². The normalized spacial score (nSPS) is 22.1. The van der Waals surface area contributed by atoms with Gasteiger partial charge in [0.1, 0.15) is 17.5 Å². The van der Waals surface area contributed by atoms with Crippen molar-refractivity contribution in [1.29, 1.82) is 5.26 Å². The first-order chi connectivity index (χ1) is 15.6. The number of furan rings is 1. The molecule has 33 heavy (non-hydrogen) atoms. The van der Waals surface area contributed by atoms with Crippen LogP contribution in [0.15, 0.2) is 33.4 Å². The highest BCUT2D eigenvalue weighted by molar-refractivity contribution is 9.10. The maximum Gasteiger partial charge on any atom is 0.407 e. The van der Waals surface area contributed by atoms with Crippen LogP contribution in [0.2, 0.25) is 0 Å². The summed E-state index contributed by atoms with van der Waals surface area (Å²) in [4.78, 5) is 27.3. The van der Waals surface area contributed by atoms with E-state index in [4.69, 9.17) is 14.4 Å². The highest BCUT2D eigenvalue weighted by Crippen LogP contribution is 2.39. The molecule has 1 aromatic heterocycles. The van der Waals surface area contributed by atoms with E-state index in [-0.39, 0.29) is 35.4 Å². The Morgan fingerprint density at radius 2 is 1.91 bits per heavy atom. The molecule has 2 aliphatic heterocycles. The number of carbonyl (C=O) groups excluding carboxylic acids is 2. The summed E-state index contributed by atoms with van der Waals surface area (Å²) in [5.41, 5.74) is 0.427. The van der Waals surface area contributed by atoms with E-state index in [2.05, 4.69) is 21.2 Å². The van der Waals surface area contributed by atoms with Gasteiger partial charge in [-0.3, -0.25) is 4.79 Å². The zero-order valence-corrected chi connectivity index (χ0v) is 20.2. The predicted octanol–water partition coefficient (Wildman–Crippen LogP) is 5.38. The van der Waals surface area contributed by atoms with Gasteiger partial charge in [-0.15, -0.1) is 0 Å². The Balaban J connectivity index is 1.48. The molecule has 2 aliphatic rings. The van der Waals surface area contributed by atoms with Crippen LogP contribution in [0.3, 0.4) is 0 Å². The van der Waals surface area contributed by atoms with E-state index in [1.165, 1.54) is 12.1 Å². The molecule has 1 N–H and O–H groups in total. The molecule has 2 amide bonds. The lowest BCUT2D eigenvalue weighted by molar-refractivity contribution is 0.0406. The fourth-order valence-electron chi connectivity index (χ4n) is 4.67. The van der Waals surface area contributed by atoms with Crippen LogP contribution in [-0.4, -0.2) is 40.6 Å². The number of halogens is 2. The molecule has 0 aliphatic carbocycles. The molecule has 2 atom stereocenters. The van der Waals surface area contributed by atoms with Crippen molar-refractivity contribution in [2.24, 2.45) is 0 Å². The average molecular weight is 518 g/mol. The van der Waals surface area contributed by atoms with Crippen LogP contribution in [-0.2, 0) is 4.74 Å². The minimum absolute atomic E-state index is 0.00383. The number of hydrogen-bond donors (Lipinski definition) is 1. The number of hydrogen-bond acceptors (Lipinski definition) is 5. The van der Waals surface area contributed by atoms with Gasteiger partial charge in [0.05, 0.1) is 5.56 Å². The highest BCUT2D eigenvalue weighted by atomic mass is 79.9. The number of alkyl carbamates (subject to hydrolysis) is 1. The van der Waals surface area contributed by atoms with Crippen molar-refractivity contribution in [2.75, 3.05) is 0 Å². The second-order valence-corrected chi connectivity index (χ2v) is 10.2. The van der Waals surface area contributed by atoms with Gasteiger partial charge in [-0.05, 0) is 86.1 Å². The molecule has 3 heterocycles. The summed E-state index contributed by atoms with van der Waals surface area (Å²) in [6.45, 7) is 5.46. The molecule has 0 spiro atoms. The summed E-state index contributed by atoms with van der Waals surface area (Å²) >= 11 is 3.33. The van der Waals surface area contributed by atoms with E-state index in [9.17, 15) is 14.0 Å². The van der Waals surface area contributed by atoms with Crippen molar-refractivity contribution in [2.45, 2.75) is 70.2 Å². The average Bonchev–Trinajstić information content (AvgIpc) is 3.23.